The van der Waals surface area contributed by atoms with Crippen LogP contribution in [0.25, 0.3) is 16.2 Å². The molecular formula is C25H26FN5OS. The van der Waals surface area contributed by atoms with Crippen LogP contribution in [0, 0.1) is 11.7 Å². The molecular weight excluding hydrogens is 437 g/mol. The first kappa shape index (κ1) is 21.6. The van der Waals surface area contributed by atoms with Gasteiger partial charge in [-0.15, -0.1) is 5.10 Å². The summed E-state index contributed by atoms with van der Waals surface area (Å²) in [5.74, 6) is -0.0970. The predicted octanol–water partition coefficient (Wildman–Crippen LogP) is 4.69. The molecule has 0 atom stereocenters. The van der Waals surface area contributed by atoms with Crippen LogP contribution < -0.4 is 10.2 Å². The zero-order valence-corrected chi connectivity index (χ0v) is 19.3. The Kier molecular flexibility index (Phi) is 6.09. The number of carbonyl (C=O) groups is 1. The average Bonchev–Trinajstić information content (AvgIpc) is 3.43. The predicted molar refractivity (Wildman–Crippen MR) is 129 cm³/mol. The molecule has 8 heteroatoms. The third kappa shape index (κ3) is 4.75. The van der Waals surface area contributed by atoms with Crippen molar-refractivity contribution in [2.45, 2.75) is 32.7 Å². The number of aromatic nitrogens is 3. The molecule has 0 unspecified atom stereocenters. The summed E-state index contributed by atoms with van der Waals surface area (Å²) in [5.41, 5.74) is 4.08. The lowest BCUT2D eigenvalue weighted by molar-refractivity contribution is -0.125. The monoisotopic (exact) mass is 463 g/mol. The first-order valence-corrected chi connectivity index (χ1v) is 12.1. The Balaban J connectivity index is 1.16. The van der Waals surface area contributed by atoms with Gasteiger partial charge in [-0.3, -0.25) is 4.79 Å². The molecule has 3 heterocycles. The van der Waals surface area contributed by atoms with Crippen molar-refractivity contribution in [1.82, 2.24) is 19.9 Å². The molecule has 0 aliphatic carbocycles. The van der Waals surface area contributed by atoms with Crippen LogP contribution in [0.1, 0.15) is 30.9 Å². The molecule has 1 amide bonds. The Bertz CT molecular complexity index is 1210. The van der Waals surface area contributed by atoms with Crippen LogP contribution in [0.4, 0.5) is 9.52 Å². The third-order valence-corrected chi connectivity index (χ3v) is 7.19. The molecule has 4 aromatic rings. The number of hydrogen-bond acceptors (Lipinski definition) is 5. The minimum atomic E-state index is -0.261. The van der Waals surface area contributed by atoms with E-state index in [1.54, 1.807) is 16.6 Å². The Morgan fingerprint density at radius 3 is 2.45 bits per heavy atom. The Labute approximate surface area is 196 Å². The molecule has 2 aromatic heterocycles. The summed E-state index contributed by atoms with van der Waals surface area (Å²) in [4.78, 5) is 20.3. The second-order valence-electron chi connectivity index (χ2n) is 8.39. The highest BCUT2D eigenvalue weighted by atomic mass is 32.1. The fourth-order valence-corrected chi connectivity index (χ4v) is 5.07. The number of benzene rings is 2. The van der Waals surface area contributed by atoms with E-state index in [4.69, 9.17) is 0 Å². The number of fused-ring (bicyclic) bond motifs is 1. The van der Waals surface area contributed by atoms with E-state index in [2.05, 4.69) is 51.5 Å². The number of anilines is 1. The lowest BCUT2D eigenvalue weighted by atomic mass is 9.96. The van der Waals surface area contributed by atoms with Gasteiger partial charge in [-0.2, -0.15) is 0 Å². The van der Waals surface area contributed by atoms with E-state index < -0.39 is 0 Å². The van der Waals surface area contributed by atoms with Crippen LogP contribution in [0.2, 0.25) is 0 Å². The zero-order chi connectivity index (χ0) is 22.8. The summed E-state index contributed by atoms with van der Waals surface area (Å²) in [6, 6.07) is 14.7. The quantitative estimate of drug-likeness (QED) is 0.451. The summed E-state index contributed by atoms with van der Waals surface area (Å²) in [6.45, 7) is 4.30. The van der Waals surface area contributed by atoms with Crippen molar-refractivity contribution < 1.29 is 9.18 Å². The molecule has 0 radical (unpaired) electrons. The number of piperidine rings is 1. The molecule has 1 N–H and O–H groups in total. The van der Waals surface area contributed by atoms with Crippen molar-refractivity contribution in [1.29, 1.82) is 0 Å². The topological polar surface area (TPSA) is 62.5 Å². The SMILES string of the molecule is CCc1ccc(CNC(=O)C2CCN(c3nn4cc(-c5ccc(F)cc5)nc4s3)CC2)cc1. The van der Waals surface area contributed by atoms with E-state index in [1.807, 2.05) is 6.20 Å². The van der Waals surface area contributed by atoms with Crippen molar-refractivity contribution in [3.8, 4) is 11.3 Å². The Morgan fingerprint density at radius 1 is 1.09 bits per heavy atom. The van der Waals surface area contributed by atoms with Crippen molar-refractivity contribution in [2.75, 3.05) is 18.0 Å². The Morgan fingerprint density at radius 2 is 1.79 bits per heavy atom. The van der Waals surface area contributed by atoms with Gasteiger partial charge in [0.2, 0.25) is 16.0 Å². The molecule has 1 aliphatic heterocycles. The van der Waals surface area contributed by atoms with E-state index in [1.165, 1.54) is 29.0 Å². The van der Waals surface area contributed by atoms with Crippen molar-refractivity contribution in [3.05, 3.63) is 71.7 Å². The maximum Gasteiger partial charge on any atom is 0.223 e. The van der Waals surface area contributed by atoms with Gasteiger partial charge < -0.3 is 10.2 Å². The molecule has 6 nitrogen and oxygen atoms in total. The van der Waals surface area contributed by atoms with Crippen LogP contribution in [0.3, 0.4) is 0 Å². The molecule has 1 fully saturated rings. The minimum Gasteiger partial charge on any atom is -0.352 e. The summed E-state index contributed by atoms with van der Waals surface area (Å²) in [5, 5.41) is 8.69. The first-order valence-electron chi connectivity index (χ1n) is 11.3. The highest BCUT2D eigenvalue weighted by Gasteiger charge is 2.26. The molecule has 170 valence electrons. The fourth-order valence-electron chi connectivity index (χ4n) is 4.14. The highest BCUT2D eigenvalue weighted by molar-refractivity contribution is 7.20. The van der Waals surface area contributed by atoms with E-state index in [-0.39, 0.29) is 17.6 Å². The molecule has 1 saturated heterocycles. The number of amides is 1. The molecule has 33 heavy (non-hydrogen) atoms. The average molecular weight is 464 g/mol. The second kappa shape index (κ2) is 9.31. The smallest absolute Gasteiger partial charge is 0.223 e. The van der Waals surface area contributed by atoms with Gasteiger partial charge in [0.15, 0.2) is 0 Å². The van der Waals surface area contributed by atoms with Crippen molar-refractivity contribution in [2.24, 2.45) is 5.92 Å². The maximum atomic E-state index is 13.2. The minimum absolute atomic E-state index is 0.0327. The van der Waals surface area contributed by atoms with Crippen LogP contribution in [-0.4, -0.2) is 33.6 Å². The highest BCUT2D eigenvalue weighted by Crippen LogP contribution is 2.29. The largest absolute Gasteiger partial charge is 0.352 e. The van der Waals surface area contributed by atoms with E-state index >= 15 is 0 Å². The number of nitrogens with zero attached hydrogens (tertiary/aromatic N) is 4. The summed E-state index contributed by atoms with van der Waals surface area (Å²) in [7, 11) is 0. The van der Waals surface area contributed by atoms with Gasteiger partial charge in [0.25, 0.3) is 0 Å². The summed E-state index contributed by atoms with van der Waals surface area (Å²) >= 11 is 1.53. The van der Waals surface area contributed by atoms with Crippen LogP contribution in [0.5, 0.6) is 0 Å². The van der Waals surface area contributed by atoms with Crippen molar-refractivity contribution in [3.63, 3.8) is 0 Å². The van der Waals surface area contributed by atoms with Gasteiger partial charge in [0, 0.05) is 31.1 Å². The van der Waals surface area contributed by atoms with Crippen LogP contribution in [0.15, 0.2) is 54.7 Å². The molecule has 0 bridgehead atoms. The molecule has 0 spiro atoms. The van der Waals surface area contributed by atoms with Gasteiger partial charge in [-0.1, -0.05) is 42.5 Å². The first-order chi connectivity index (χ1) is 16.1. The van der Waals surface area contributed by atoms with Gasteiger partial charge >= 0.3 is 0 Å². The molecule has 0 saturated carbocycles. The molecule has 5 rings (SSSR count). The normalized spacial score (nSPS) is 14.7. The zero-order valence-electron chi connectivity index (χ0n) is 18.5. The summed E-state index contributed by atoms with van der Waals surface area (Å²) in [6.07, 6.45) is 4.51. The van der Waals surface area contributed by atoms with Crippen LogP contribution >= 0.6 is 11.3 Å². The number of rotatable bonds is 6. The number of carbonyl (C=O) groups excluding carboxylic acids is 1. The van der Waals surface area contributed by atoms with Crippen molar-refractivity contribution >= 4 is 27.3 Å². The molecule has 1 aliphatic rings. The number of hydrogen-bond donors (Lipinski definition) is 1. The number of nitrogens with one attached hydrogen (secondary N) is 1. The van der Waals surface area contributed by atoms with E-state index in [0.29, 0.717) is 6.54 Å². The third-order valence-electron chi connectivity index (χ3n) is 6.21. The number of halogens is 1. The summed E-state index contributed by atoms with van der Waals surface area (Å²) < 4.78 is 14.9. The second-order valence-corrected chi connectivity index (χ2v) is 9.33. The lowest BCUT2D eigenvalue weighted by Crippen LogP contribution is -2.40. The van der Waals surface area contributed by atoms with Gasteiger partial charge in [0.1, 0.15) is 5.82 Å². The number of imidazole rings is 1. The van der Waals surface area contributed by atoms with Crippen LogP contribution in [-0.2, 0) is 17.8 Å². The van der Waals surface area contributed by atoms with E-state index in [0.717, 1.165) is 59.3 Å². The maximum absolute atomic E-state index is 13.2. The van der Waals surface area contributed by atoms with Gasteiger partial charge in [-0.05, 0) is 54.7 Å². The molecule has 2 aromatic carbocycles. The fraction of sp³-hybridized carbons (Fsp3) is 0.320. The number of aryl methyl sites for hydroxylation is 1. The lowest BCUT2D eigenvalue weighted by Gasteiger charge is -2.30. The van der Waals surface area contributed by atoms with E-state index in [9.17, 15) is 9.18 Å². The Hall–Kier alpha value is -3.26. The van der Waals surface area contributed by atoms with Gasteiger partial charge in [0.05, 0.1) is 11.9 Å². The standard InChI is InChI=1S/C25H26FN5OS/c1-2-17-3-5-18(6-4-17)15-27-23(32)20-11-13-30(14-12-20)25-29-31-16-22(28-24(31)33-25)19-7-9-21(26)10-8-19/h3-10,16,20H,2,11-15H2,1H3,(H,27,32). The van der Waals surface area contributed by atoms with Gasteiger partial charge in [-0.25, -0.2) is 13.9 Å².